The number of nitrogens with zero attached hydrogens (tertiary/aromatic N) is 4. The molecule has 2 aliphatic rings. The lowest BCUT2D eigenvalue weighted by Crippen LogP contribution is -2.44. The van der Waals surface area contributed by atoms with Gasteiger partial charge in [0.1, 0.15) is 11.4 Å². The minimum Gasteiger partial charge on any atom is -0.497 e. The third-order valence-corrected chi connectivity index (χ3v) is 5.19. The molecule has 2 bridgehead atoms. The first-order valence-corrected chi connectivity index (χ1v) is 8.03. The van der Waals surface area contributed by atoms with Gasteiger partial charge in [0.2, 0.25) is 0 Å². The van der Waals surface area contributed by atoms with Gasteiger partial charge in [0.15, 0.2) is 0 Å². The first-order chi connectivity index (χ1) is 10.8. The second-order valence-electron chi connectivity index (χ2n) is 6.40. The van der Waals surface area contributed by atoms with Gasteiger partial charge < -0.3 is 4.74 Å². The summed E-state index contributed by atoms with van der Waals surface area (Å²) in [5, 5.41) is 8.94. The Balaban J connectivity index is 1.62. The maximum absolute atomic E-state index is 5.22. The van der Waals surface area contributed by atoms with Gasteiger partial charge in [-0.3, -0.25) is 4.90 Å². The summed E-state index contributed by atoms with van der Waals surface area (Å²) in [5.74, 6) is 0.889. The summed E-state index contributed by atoms with van der Waals surface area (Å²) in [6.07, 6.45) is 4.89. The van der Waals surface area contributed by atoms with E-state index in [1.165, 1.54) is 36.2 Å². The molecule has 22 heavy (non-hydrogen) atoms. The Hall–Kier alpha value is -1.88. The van der Waals surface area contributed by atoms with Crippen LogP contribution >= 0.6 is 0 Å². The molecule has 0 amide bonds. The van der Waals surface area contributed by atoms with Crippen LogP contribution in [0.3, 0.4) is 0 Å². The molecule has 0 spiro atoms. The summed E-state index contributed by atoms with van der Waals surface area (Å²) in [4.78, 5) is 2.50. The molecular weight excluding hydrogens is 276 g/mol. The van der Waals surface area contributed by atoms with Crippen molar-refractivity contribution in [2.24, 2.45) is 0 Å². The first kappa shape index (κ1) is 13.8. The molecule has 2 aromatic rings. The third kappa shape index (κ3) is 2.20. The van der Waals surface area contributed by atoms with Crippen LogP contribution in [-0.4, -0.2) is 40.1 Å². The number of benzene rings is 1. The van der Waals surface area contributed by atoms with E-state index in [0.717, 1.165) is 18.7 Å². The van der Waals surface area contributed by atoms with Crippen molar-refractivity contribution in [1.29, 1.82) is 0 Å². The molecule has 5 nitrogen and oxygen atoms in total. The van der Waals surface area contributed by atoms with Gasteiger partial charge in [-0.15, -0.1) is 5.10 Å². The maximum atomic E-state index is 5.22. The van der Waals surface area contributed by atoms with Gasteiger partial charge >= 0.3 is 0 Å². The lowest BCUT2D eigenvalue weighted by Gasteiger charge is -2.42. The van der Waals surface area contributed by atoms with Crippen molar-refractivity contribution in [3.63, 3.8) is 0 Å². The van der Waals surface area contributed by atoms with Crippen LogP contribution in [0.15, 0.2) is 24.3 Å². The zero-order chi connectivity index (χ0) is 15.1. The number of rotatable bonds is 3. The second-order valence-corrected chi connectivity index (χ2v) is 6.40. The highest BCUT2D eigenvalue weighted by atomic mass is 16.5. The number of hydrogen-bond acceptors (Lipinski definition) is 4. The number of aromatic nitrogens is 3. The molecule has 0 aliphatic carbocycles. The zero-order valence-electron chi connectivity index (χ0n) is 13.2. The van der Waals surface area contributed by atoms with Crippen molar-refractivity contribution in [2.75, 3.05) is 14.2 Å². The largest absolute Gasteiger partial charge is 0.497 e. The van der Waals surface area contributed by atoms with Crippen molar-refractivity contribution in [2.45, 2.75) is 44.3 Å². The summed E-state index contributed by atoms with van der Waals surface area (Å²) in [5.41, 5.74) is 3.77. The van der Waals surface area contributed by atoms with Crippen LogP contribution in [0.1, 0.15) is 42.3 Å². The van der Waals surface area contributed by atoms with Gasteiger partial charge in [-0.1, -0.05) is 17.3 Å². The normalized spacial score (nSPS) is 24.1. The zero-order valence-corrected chi connectivity index (χ0v) is 13.2. The Kier molecular flexibility index (Phi) is 3.37. The Morgan fingerprint density at radius 1 is 1.23 bits per heavy atom. The van der Waals surface area contributed by atoms with Crippen molar-refractivity contribution in [1.82, 2.24) is 19.9 Å². The highest BCUT2D eigenvalue weighted by molar-refractivity contribution is 5.28. The predicted octanol–water partition coefficient (Wildman–Crippen LogP) is 2.42. The van der Waals surface area contributed by atoms with E-state index in [1.54, 1.807) is 7.11 Å². The molecule has 1 aromatic heterocycles. The summed E-state index contributed by atoms with van der Waals surface area (Å²) >= 11 is 0. The number of methoxy groups -OCH3 is 1. The van der Waals surface area contributed by atoms with Crippen LogP contribution in [0.2, 0.25) is 0 Å². The van der Waals surface area contributed by atoms with Gasteiger partial charge in [0.25, 0.3) is 0 Å². The molecule has 2 atom stereocenters. The number of likely N-dealkylation sites (N-methyl/N-ethyl adjacent to an activating group) is 1. The van der Waals surface area contributed by atoms with Crippen molar-refractivity contribution < 1.29 is 4.74 Å². The second kappa shape index (κ2) is 5.39. The van der Waals surface area contributed by atoms with E-state index in [2.05, 4.69) is 39.1 Å². The van der Waals surface area contributed by atoms with Gasteiger partial charge in [-0.25, -0.2) is 4.68 Å². The summed E-state index contributed by atoms with van der Waals surface area (Å²) in [7, 11) is 3.93. The molecule has 1 fully saturated rings. The van der Waals surface area contributed by atoms with E-state index >= 15 is 0 Å². The lowest BCUT2D eigenvalue weighted by molar-refractivity contribution is 0.0953. The van der Waals surface area contributed by atoms with Crippen LogP contribution in [0.5, 0.6) is 5.75 Å². The standard InChI is InChI=1S/C17H22N4O/c1-20-13-4-3-5-15(20)17-16(10-13)21(19-18-17)11-12-6-8-14(22-2)9-7-12/h6-9,13,15H,3-5,10-11H2,1-2H3. The minimum absolute atomic E-state index is 0.465. The van der Waals surface area contributed by atoms with E-state index in [9.17, 15) is 0 Å². The van der Waals surface area contributed by atoms with Gasteiger partial charge in [-0.2, -0.15) is 0 Å². The molecule has 0 N–H and O–H groups in total. The predicted molar refractivity (Wildman–Crippen MR) is 84.0 cm³/mol. The van der Waals surface area contributed by atoms with Crippen LogP contribution in [0.4, 0.5) is 0 Å². The summed E-state index contributed by atoms with van der Waals surface area (Å²) in [6.45, 7) is 0.787. The quantitative estimate of drug-likeness (QED) is 0.873. The number of fused-ring (bicyclic) bond motifs is 4. The highest BCUT2D eigenvalue weighted by Crippen LogP contribution is 2.39. The number of piperidine rings is 1. The topological polar surface area (TPSA) is 43.2 Å². The summed E-state index contributed by atoms with van der Waals surface area (Å²) in [6, 6.07) is 9.32. The third-order valence-electron chi connectivity index (χ3n) is 5.19. The summed E-state index contributed by atoms with van der Waals surface area (Å²) < 4.78 is 7.31. The molecule has 2 aliphatic heterocycles. The van der Waals surface area contributed by atoms with E-state index in [-0.39, 0.29) is 0 Å². The SMILES string of the molecule is COc1ccc(Cn2nnc3c2CC2CCCC3N2C)cc1. The van der Waals surface area contributed by atoms with Gasteiger partial charge in [0.05, 0.1) is 25.4 Å². The van der Waals surface area contributed by atoms with E-state index in [0.29, 0.717) is 12.1 Å². The minimum atomic E-state index is 0.465. The molecule has 4 rings (SSSR count). The van der Waals surface area contributed by atoms with Gasteiger partial charge in [-0.05, 0) is 44.0 Å². The van der Waals surface area contributed by atoms with E-state index in [4.69, 9.17) is 4.74 Å². The molecule has 1 aromatic carbocycles. The fourth-order valence-electron chi connectivity index (χ4n) is 3.85. The molecule has 3 heterocycles. The van der Waals surface area contributed by atoms with Crippen LogP contribution in [0, 0.1) is 0 Å². The van der Waals surface area contributed by atoms with Crippen LogP contribution < -0.4 is 4.74 Å². The van der Waals surface area contributed by atoms with Crippen molar-refractivity contribution in [3.05, 3.63) is 41.2 Å². The van der Waals surface area contributed by atoms with Crippen LogP contribution in [-0.2, 0) is 13.0 Å². The Morgan fingerprint density at radius 3 is 2.82 bits per heavy atom. The lowest BCUT2D eigenvalue weighted by atomic mass is 9.85. The number of ether oxygens (including phenoxy) is 1. The maximum Gasteiger partial charge on any atom is 0.118 e. The van der Waals surface area contributed by atoms with Crippen LogP contribution in [0.25, 0.3) is 0 Å². The average molecular weight is 298 g/mol. The molecule has 0 radical (unpaired) electrons. The molecular formula is C17H22N4O. The Labute approximate surface area is 130 Å². The fourth-order valence-corrected chi connectivity index (χ4v) is 3.85. The van der Waals surface area contributed by atoms with E-state index in [1.807, 2.05) is 12.1 Å². The Bertz CT molecular complexity index is 664. The van der Waals surface area contributed by atoms with Crippen molar-refractivity contribution in [3.8, 4) is 5.75 Å². The first-order valence-electron chi connectivity index (χ1n) is 8.03. The Morgan fingerprint density at radius 2 is 2.05 bits per heavy atom. The average Bonchev–Trinajstić information content (AvgIpc) is 2.91. The fraction of sp³-hybridized carbons (Fsp3) is 0.529. The highest BCUT2D eigenvalue weighted by Gasteiger charge is 2.38. The monoisotopic (exact) mass is 298 g/mol. The smallest absolute Gasteiger partial charge is 0.118 e. The van der Waals surface area contributed by atoms with E-state index < -0.39 is 0 Å². The molecule has 116 valence electrons. The molecule has 1 saturated heterocycles. The molecule has 5 heteroatoms. The molecule has 0 saturated carbocycles. The molecule has 2 unspecified atom stereocenters. The number of hydrogen-bond donors (Lipinski definition) is 0. The van der Waals surface area contributed by atoms with Gasteiger partial charge in [0, 0.05) is 12.5 Å². The van der Waals surface area contributed by atoms with Crippen molar-refractivity contribution >= 4 is 0 Å².